The zero-order valence-electron chi connectivity index (χ0n) is 10.2. The third kappa shape index (κ3) is 3.16. The van der Waals surface area contributed by atoms with Crippen molar-refractivity contribution in [2.24, 2.45) is 5.92 Å². The number of hydrogen-bond donors (Lipinski definition) is 0. The molecule has 0 spiro atoms. The molecule has 0 aromatic carbocycles. The average Bonchev–Trinajstić information content (AvgIpc) is 3.11. The molecule has 0 unspecified atom stereocenters. The lowest BCUT2D eigenvalue weighted by Gasteiger charge is -2.36. The van der Waals surface area contributed by atoms with E-state index in [0.29, 0.717) is 23.9 Å². The lowest BCUT2D eigenvalue weighted by molar-refractivity contribution is -0.274. The summed E-state index contributed by atoms with van der Waals surface area (Å²) in [6, 6.07) is 0. The molecule has 2 fully saturated rings. The monoisotopic (exact) mass is 286 g/mol. The van der Waals surface area contributed by atoms with Crippen molar-refractivity contribution >= 4 is 5.91 Å². The molecule has 0 radical (unpaired) electrons. The minimum absolute atomic E-state index is 0.0722. The van der Waals surface area contributed by atoms with Crippen LogP contribution in [0.3, 0.4) is 0 Å². The quantitative estimate of drug-likeness (QED) is 0.738. The van der Waals surface area contributed by atoms with Gasteiger partial charge in [-0.2, -0.15) is 22.0 Å². The van der Waals surface area contributed by atoms with Crippen molar-refractivity contribution in [3.63, 3.8) is 0 Å². The van der Waals surface area contributed by atoms with E-state index in [1.807, 2.05) is 4.90 Å². The van der Waals surface area contributed by atoms with Crippen LogP contribution >= 0.6 is 0 Å². The second kappa shape index (κ2) is 4.88. The zero-order valence-corrected chi connectivity index (χ0v) is 10.2. The van der Waals surface area contributed by atoms with E-state index in [2.05, 4.69) is 0 Å². The van der Waals surface area contributed by atoms with Gasteiger partial charge in [-0.05, 0) is 18.8 Å². The number of nitrogens with zero attached hydrogens (tertiary/aromatic N) is 2. The molecule has 1 saturated heterocycles. The number of carbonyl (C=O) groups excluding carboxylic acids is 1. The second-order valence-corrected chi connectivity index (χ2v) is 5.11. The predicted octanol–water partition coefficient (Wildman–Crippen LogP) is 1.74. The summed E-state index contributed by atoms with van der Waals surface area (Å²) in [6.45, 7) is 1.42. The van der Waals surface area contributed by atoms with Gasteiger partial charge in [0.1, 0.15) is 0 Å². The van der Waals surface area contributed by atoms with Gasteiger partial charge in [-0.3, -0.25) is 9.69 Å². The topological polar surface area (TPSA) is 23.6 Å². The van der Waals surface area contributed by atoms with Gasteiger partial charge < -0.3 is 4.90 Å². The first-order chi connectivity index (χ1) is 8.72. The van der Waals surface area contributed by atoms with Gasteiger partial charge in [0.05, 0.1) is 0 Å². The number of halogens is 5. The van der Waals surface area contributed by atoms with Crippen molar-refractivity contribution < 1.29 is 26.7 Å². The number of alkyl halides is 5. The molecule has 1 heterocycles. The van der Waals surface area contributed by atoms with Crippen molar-refractivity contribution in [2.75, 3.05) is 32.7 Å². The molecule has 8 heteroatoms. The molecular weight excluding hydrogens is 271 g/mol. The summed E-state index contributed by atoms with van der Waals surface area (Å²) >= 11 is 0. The van der Waals surface area contributed by atoms with E-state index in [-0.39, 0.29) is 13.1 Å². The Morgan fingerprint density at radius 1 is 1.00 bits per heavy atom. The maximum absolute atomic E-state index is 12.9. The van der Waals surface area contributed by atoms with Crippen LogP contribution in [0.4, 0.5) is 22.0 Å². The van der Waals surface area contributed by atoms with Crippen LogP contribution in [0, 0.1) is 5.92 Å². The lowest BCUT2D eigenvalue weighted by Crippen LogP contribution is -2.57. The van der Waals surface area contributed by atoms with Gasteiger partial charge in [-0.15, -0.1) is 0 Å². The smallest absolute Gasteiger partial charge is 0.335 e. The Hall–Kier alpha value is -0.920. The number of amides is 1. The maximum Gasteiger partial charge on any atom is 0.463 e. The highest BCUT2D eigenvalue weighted by Crippen LogP contribution is 2.37. The Morgan fingerprint density at radius 2 is 1.53 bits per heavy atom. The summed E-state index contributed by atoms with van der Waals surface area (Å²) < 4.78 is 62.1. The molecule has 3 nitrogen and oxygen atoms in total. The van der Waals surface area contributed by atoms with Crippen molar-refractivity contribution in [2.45, 2.75) is 24.9 Å². The third-order valence-corrected chi connectivity index (χ3v) is 3.50. The van der Waals surface area contributed by atoms with Gasteiger partial charge in [0.25, 0.3) is 0 Å². The van der Waals surface area contributed by atoms with Crippen LogP contribution < -0.4 is 0 Å². The van der Waals surface area contributed by atoms with Crippen molar-refractivity contribution in [1.82, 2.24) is 9.80 Å². The van der Waals surface area contributed by atoms with E-state index < -0.39 is 18.0 Å². The molecule has 0 atom stereocenters. The van der Waals surface area contributed by atoms with Gasteiger partial charge in [0, 0.05) is 32.7 Å². The van der Waals surface area contributed by atoms with Gasteiger partial charge >= 0.3 is 18.0 Å². The molecule has 1 aliphatic carbocycles. The fraction of sp³-hybridized carbons (Fsp3) is 0.909. The maximum atomic E-state index is 12.9. The summed E-state index contributed by atoms with van der Waals surface area (Å²) in [5, 5.41) is 0. The third-order valence-electron chi connectivity index (χ3n) is 3.50. The van der Waals surface area contributed by atoms with Crippen LogP contribution in [-0.2, 0) is 4.79 Å². The summed E-state index contributed by atoms with van der Waals surface area (Å²) in [5.74, 6) is -6.80. The number of hydrogen-bond acceptors (Lipinski definition) is 2. The highest BCUT2D eigenvalue weighted by atomic mass is 19.4. The van der Waals surface area contributed by atoms with Gasteiger partial charge in [-0.1, -0.05) is 0 Å². The van der Waals surface area contributed by atoms with E-state index in [4.69, 9.17) is 0 Å². The number of piperazine rings is 1. The summed E-state index contributed by atoms with van der Waals surface area (Å²) in [5.41, 5.74) is 0. The first-order valence-corrected chi connectivity index (χ1v) is 6.18. The van der Waals surface area contributed by atoms with Crippen molar-refractivity contribution in [3.05, 3.63) is 0 Å². The Bertz CT molecular complexity index is 345. The molecule has 0 aromatic heterocycles. The molecule has 1 aliphatic heterocycles. The molecular formula is C11H15F5N2O. The van der Waals surface area contributed by atoms with Crippen molar-refractivity contribution in [1.29, 1.82) is 0 Å². The van der Waals surface area contributed by atoms with Gasteiger partial charge in [0.15, 0.2) is 0 Å². The van der Waals surface area contributed by atoms with Crippen LogP contribution in [0.5, 0.6) is 0 Å². The average molecular weight is 286 g/mol. The lowest BCUT2D eigenvalue weighted by atomic mass is 10.2. The highest BCUT2D eigenvalue weighted by molar-refractivity contribution is 5.84. The van der Waals surface area contributed by atoms with Crippen LogP contribution in [0.2, 0.25) is 0 Å². The zero-order chi connectivity index (χ0) is 14.3. The molecule has 19 heavy (non-hydrogen) atoms. The number of rotatable bonds is 3. The van der Waals surface area contributed by atoms with Gasteiger partial charge in [-0.25, -0.2) is 0 Å². The van der Waals surface area contributed by atoms with Gasteiger partial charge in [0.2, 0.25) is 0 Å². The fourth-order valence-corrected chi connectivity index (χ4v) is 2.12. The predicted molar refractivity (Wildman–Crippen MR) is 56.7 cm³/mol. The highest BCUT2D eigenvalue weighted by Gasteiger charge is 2.64. The molecule has 0 N–H and O–H groups in total. The molecule has 1 saturated carbocycles. The van der Waals surface area contributed by atoms with E-state index in [1.165, 1.54) is 0 Å². The normalized spacial score (nSPS) is 22.7. The van der Waals surface area contributed by atoms with E-state index in [0.717, 1.165) is 19.4 Å². The Balaban J connectivity index is 1.88. The van der Waals surface area contributed by atoms with E-state index in [1.54, 1.807) is 0 Å². The van der Waals surface area contributed by atoms with Crippen LogP contribution in [-0.4, -0.2) is 60.5 Å². The summed E-state index contributed by atoms with van der Waals surface area (Å²) in [7, 11) is 0. The summed E-state index contributed by atoms with van der Waals surface area (Å²) in [6.07, 6.45) is -3.54. The van der Waals surface area contributed by atoms with Crippen molar-refractivity contribution in [3.8, 4) is 0 Å². The van der Waals surface area contributed by atoms with Crippen LogP contribution in [0.25, 0.3) is 0 Å². The SMILES string of the molecule is O=C(N1CCN(CC2CC2)CC1)C(F)(F)C(F)(F)F. The minimum atomic E-state index is -5.82. The van der Waals surface area contributed by atoms with Crippen LogP contribution in [0.1, 0.15) is 12.8 Å². The van der Waals surface area contributed by atoms with E-state index in [9.17, 15) is 26.7 Å². The second-order valence-electron chi connectivity index (χ2n) is 5.11. The molecule has 1 amide bonds. The Kier molecular flexibility index (Phi) is 3.72. The molecule has 0 bridgehead atoms. The molecule has 2 rings (SSSR count). The largest absolute Gasteiger partial charge is 0.463 e. The fourth-order valence-electron chi connectivity index (χ4n) is 2.12. The first kappa shape index (κ1) is 14.5. The Morgan fingerprint density at radius 3 is 1.95 bits per heavy atom. The van der Waals surface area contributed by atoms with E-state index >= 15 is 0 Å². The first-order valence-electron chi connectivity index (χ1n) is 6.18. The number of carbonyl (C=O) groups is 1. The summed E-state index contributed by atoms with van der Waals surface area (Å²) in [4.78, 5) is 13.9. The Labute approximate surface area is 107 Å². The molecule has 2 aliphatic rings. The minimum Gasteiger partial charge on any atom is -0.335 e. The standard InChI is InChI=1S/C11H15F5N2O/c12-10(13,11(14,15)16)9(19)18-5-3-17(4-6-18)7-8-1-2-8/h8H,1-7H2. The molecule has 110 valence electrons. The molecule has 0 aromatic rings. The van der Waals surface area contributed by atoms with Crippen LogP contribution in [0.15, 0.2) is 0 Å².